The summed E-state index contributed by atoms with van der Waals surface area (Å²) in [7, 11) is -3.50. The molecule has 1 heterocycles. The molecule has 1 saturated heterocycles. The van der Waals surface area contributed by atoms with E-state index in [9.17, 15) is 23.3 Å². The Morgan fingerprint density at radius 2 is 1.55 bits per heavy atom. The number of hydrogen-bond donors (Lipinski definition) is 2. The molecule has 2 N–H and O–H groups in total. The van der Waals surface area contributed by atoms with Gasteiger partial charge in [0.2, 0.25) is 15.9 Å². The Morgan fingerprint density at radius 3 is 2.14 bits per heavy atom. The number of nitrogens with one attached hydrogen (secondary N) is 2. The molecule has 2 aromatic rings. The van der Waals surface area contributed by atoms with Crippen LogP contribution in [0.3, 0.4) is 0 Å². The Labute approximate surface area is 168 Å². The maximum Gasteiger partial charge on any atom is 0.269 e. The zero-order chi connectivity index (χ0) is 20.9. The standard InChI is InChI=1S/C19H22N4O5S/c24-19(14-20-15-4-8-17(9-5-15)23(25)26)21-16-6-10-18(11-7-16)29(27,28)22-12-2-1-3-13-22/h4-11,20H,1-3,12-14H2,(H,21,24). The number of amides is 1. The molecule has 1 aliphatic rings. The lowest BCUT2D eigenvalue weighted by atomic mass is 10.2. The van der Waals surface area contributed by atoms with Crippen molar-refractivity contribution < 1.29 is 18.1 Å². The quantitative estimate of drug-likeness (QED) is 0.527. The highest BCUT2D eigenvalue weighted by atomic mass is 32.2. The Hall–Kier alpha value is -2.98. The van der Waals surface area contributed by atoms with Gasteiger partial charge in [-0.1, -0.05) is 6.42 Å². The molecular weight excluding hydrogens is 396 g/mol. The zero-order valence-corrected chi connectivity index (χ0v) is 16.5. The summed E-state index contributed by atoms with van der Waals surface area (Å²) >= 11 is 0. The van der Waals surface area contributed by atoms with Gasteiger partial charge in [-0.25, -0.2) is 8.42 Å². The van der Waals surface area contributed by atoms with Crippen molar-refractivity contribution in [1.82, 2.24) is 4.31 Å². The zero-order valence-electron chi connectivity index (χ0n) is 15.7. The van der Waals surface area contributed by atoms with Gasteiger partial charge in [0.1, 0.15) is 0 Å². The number of nitrogens with zero attached hydrogens (tertiary/aromatic N) is 2. The van der Waals surface area contributed by atoms with E-state index in [0.717, 1.165) is 19.3 Å². The van der Waals surface area contributed by atoms with Crippen molar-refractivity contribution in [2.24, 2.45) is 0 Å². The number of rotatable bonds is 7. The lowest BCUT2D eigenvalue weighted by molar-refractivity contribution is -0.384. The lowest BCUT2D eigenvalue weighted by Gasteiger charge is -2.25. The third-order valence-electron chi connectivity index (χ3n) is 4.62. The topological polar surface area (TPSA) is 122 Å². The maximum atomic E-state index is 12.6. The summed E-state index contributed by atoms with van der Waals surface area (Å²) in [6, 6.07) is 11.8. The molecule has 0 spiro atoms. The SMILES string of the molecule is O=C(CNc1ccc([N+](=O)[O-])cc1)Nc1ccc(S(=O)(=O)N2CCCCC2)cc1. The molecule has 0 saturated carbocycles. The number of non-ortho nitro benzene ring substituents is 1. The highest BCUT2D eigenvalue weighted by Gasteiger charge is 2.25. The molecule has 0 aromatic heterocycles. The first-order valence-corrected chi connectivity index (χ1v) is 10.7. The van der Waals surface area contributed by atoms with E-state index in [1.165, 1.54) is 40.7 Å². The van der Waals surface area contributed by atoms with E-state index < -0.39 is 14.9 Å². The van der Waals surface area contributed by atoms with Crippen LogP contribution in [0, 0.1) is 10.1 Å². The molecule has 2 aromatic carbocycles. The number of carbonyl (C=O) groups excluding carboxylic acids is 1. The van der Waals surface area contributed by atoms with Crippen LogP contribution in [0.2, 0.25) is 0 Å². The van der Waals surface area contributed by atoms with Crippen molar-refractivity contribution in [3.8, 4) is 0 Å². The van der Waals surface area contributed by atoms with Gasteiger partial charge in [0, 0.05) is 36.6 Å². The van der Waals surface area contributed by atoms with Crippen LogP contribution in [0.5, 0.6) is 0 Å². The molecule has 10 heteroatoms. The molecule has 29 heavy (non-hydrogen) atoms. The number of nitro groups is 1. The molecule has 1 amide bonds. The van der Waals surface area contributed by atoms with Gasteiger partial charge in [-0.05, 0) is 49.2 Å². The average Bonchev–Trinajstić information content (AvgIpc) is 2.73. The minimum atomic E-state index is -3.50. The summed E-state index contributed by atoms with van der Waals surface area (Å²) in [5.74, 6) is -0.324. The molecule has 0 radical (unpaired) electrons. The minimum Gasteiger partial charge on any atom is -0.376 e. The minimum absolute atomic E-state index is 0.0282. The van der Waals surface area contributed by atoms with E-state index in [1.807, 2.05) is 0 Å². The predicted molar refractivity (Wildman–Crippen MR) is 109 cm³/mol. The van der Waals surface area contributed by atoms with Crippen molar-refractivity contribution in [2.75, 3.05) is 30.3 Å². The summed E-state index contributed by atoms with van der Waals surface area (Å²) in [6.45, 7) is 1.04. The fraction of sp³-hybridized carbons (Fsp3) is 0.316. The van der Waals surface area contributed by atoms with Gasteiger partial charge in [0.25, 0.3) is 5.69 Å². The van der Waals surface area contributed by atoms with Gasteiger partial charge in [0.05, 0.1) is 16.4 Å². The normalized spacial score (nSPS) is 14.9. The van der Waals surface area contributed by atoms with Crippen LogP contribution in [0.25, 0.3) is 0 Å². The highest BCUT2D eigenvalue weighted by molar-refractivity contribution is 7.89. The molecule has 154 valence electrons. The molecule has 9 nitrogen and oxygen atoms in total. The van der Waals surface area contributed by atoms with Gasteiger partial charge in [-0.15, -0.1) is 0 Å². The summed E-state index contributed by atoms with van der Waals surface area (Å²) < 4.78 is 26.8. The number of sulfonamides is 1. The van der Waals surface area contributed by atoms with Gasteiger partial charge >= 0.3 is 0 Å². The van der Waals surface area contributed by atoms with E-state index in [-0.39, 0.29) is 23.0 Å². The molecule has 3 rings (SSSR count). The van der Waals surface area contributed by atoms with E-state index in [0.29, 0.717) is 24.5 Å². The van der Waals surface area contributed by atoms with Crippen molar-refractivity contribution in [1.29, 1.82) is 0 Å². The first-order chi connectivity index (χ1) is 13.9. The average molecular weight is 418 g/mol. The third-order valence-corrected chi connectivity index (χ3v) is 6.53. The van der Waals surface area contributed by atoms with Crippen LogP contribution in [0.15, 0.2) is 53.4 Å². The van der Waals surface area contributed by atoms with Crippen LogP contribution in [0.1, 0.15) is 19.3 Å². The van der Waals surface area contributed by atoms with E-state index in [1.54, 1.807) is 12.1 Å². The molecule has 1 aliphatic heterocycles. The number of hydrogen-bond acceptors (Lipinski definition) is 6. The summed E-state index contributed by atoms with van der Waals surface area (Å²) in [4.78, 5) is 22.4. The lowest BCUT2D eigenvalue weighted by Crippen LogP contribution is -2.35. The largest absolute Gasteiger partial charge is 0.376 e. The molecular formula is C19H22N4O5S. The monoisotopic (exact) mass is 418 g/mol. The Bertz CT molecular complexity index is 969. The number of benzene rings is 2. The second-order valence-corrected chi connectivity index (χ2v) is 8.63. The molecule has 0 bridgehead atoms. The predicted octanol–water partition coefficient (Wildman–Crippen LogP) is 2.82. The van der Waals surface area contributed by atoms with Crippen LogP contribution < -0.4 is 10.6 Å². The van der Waals surface area contributed by atoms with Crippen LogP contribution in [-0.4, -0.2) is 43.2 Å². The first-order valence-electron chi connectivity index (χ1n) is 9.25. The summed E-state index contributed by atoms with van der Waals surface area (Å²) in [5, 5.41) is 16.2. The second-order valence-electron chi connectivity index (χ2n) is 6.69. The molecule has 0 unspecified atom stereocenters. The fourth-order valence-electron chi connectivity index (χ4n) is 3.05. The highest BCUT2D eigenvalue weighted by Crippen LogP contribution is 2.22. The summed E-state index contributed by atoms with van der Waals surface area (Å²) in [6.07, 6.45) is 2.79. The second kappa shape index (κ2) is 9.01. The van der Waals surface area contributed by atoms with Crippen LogP contribution >= 0.6 is 0 Å². The van der Waals surface area contributed by atoms with Crippen molar-refractivity contribution >= 4 is 33.0 Å². The van der Waals surface area contributed by atoms with Crippen LogP contribution in [0.4, 0.5) is 17.1 Å². The Balaban J connectivity index is 1.55. The molecule has 0 aliphatic carbocycles. The smallest absolute Gasteiger partial charge is 0.269 e. The van der Waals surface area contributed by atoms with Crippen molar-refractivity contribution in [2.45, 2.75) is 24.2 Å². The molecule has 0 atom stereocenters. The number of piperidine rings is 1. The van der Waals surface area contributed by atoms with Gasteiger partial charge in [0.15, 0.2) is 0 Å². The fourth-order valence-corrected chi connectivity index (χ4v) is 4.57. The third kappa shape index (κ3) is 5.30. The van der Waals surface area contributed by atoms with E-state index >= 15 is 0 Å². The van der Waals surface area contributed by atoms with Crippen molar-refractivity contribution in [3.05, 3.63) is 58.6 Å². The van der Waals surface area contributed by atoms with Gasteiger partial charge < -0.3 is 10.6 Å². The van der Waals surface area contributed by atoms with E-state index in [4.69, 9.17) is 0 Å². The summed E-state index contributed by atoms with van der Waals surface area (Å²) in [5.41, 5.74) is 1.03. The van der Waals surface area contributed by atoms with E-state index in [2.05, 4.69) is 10.6 Å². The number of anilines is 2. The molecule has 1 fully saturated rings. The number of nitro benzene ring substituents is 1. The first kappa shape index (κ1) is 20.7. The maximum absolute atomic E-state index is 12.6. The van der Waals surface area contributed by atoms with Gasteiger partial charge in [-0.2, -0.15) is 4.31 Å². The Kier molecular flexibility index (Phi) is 6.45. The Morgan fingerprint density at radius 1 is 0.966 bits per heavy atom. The van der Waals surface area contributed by atoms with Crippen LogP contribution in [-0.2, 0) is 14.8 Å². The van der Waals surface area contributed by atoms with Crippen molar-refractivity contribution in [3.63, 3.8) is 0 Å². The number of carbonyl (C=O) groups is 1. The van der Waals surface area contributed by atoms with Gasteiger partial charge in [-0.3, -0.25) is 14.9 Å².